The molecule has 0 saturated heterocycles. The lowest BCUT2D eigenvalue weighted by Crippen LogP contribution is -2.31. The van der Waals surface area contributed by atoms with Crippen molar-refractivity contribution in [2.24, 2.45) is 0 Å². The average Bonchev–Trinajstić information content (AvgIpc) is 2.26. The van der Waals surface area contributed by atoms with Crippen LogP contribution in [0, 0.1) is 0 Å². The molecule has 0 aliphatic carbocycles. The second-order valence-corrected chi connectivity index (χ2v) is 4.64. The summed E-state index contributed by atoms with van der Waals surface area (Å²) in [6, 6.07) is 4.24. The van der Waals surface area contributed by atoms with E-state index in [1.807, 2.05) is 0 Å². The summed E-state index contributed by atoms with van der Waals surface area (Å²) >= 11 is 0. The highest BCUT2D eigenvalue weighted by molar-refractivity contribution is 5.47. The fourth-order valence-corrected chi connectivity index (χ4v) is 2.19. The molecular formula is C12H16N2O2. The molecule has 86 valence electrons. The summed E-state index contributed by atoms with van der Waals surface area (Å²) in [7, 11) is 4.11. The molecule has 16 heavy (non-hydrogen) atoms. The first-order chi connectivity index (χ1) is 7.72. The zero-order valence-corrected chi connectivity index (χ0v) is 9.69. The van der Waals surface area contributed by atoms with Crippen LogP contribution in [0.5, 0.6) is 11.5 Å². The van der Waals surface area contributed by atoms with Crippen LogP contribution >= 0.6 is 0 Å². The topological polar surface area (TPSA) is 24.9 Å². The van der Waals surface area contributed by atoms with Gasteiger partial charge in [0.15, 0.2) is 0 Å². The SMILES string of the molecule is CN1COc2cc3c(cc2C1)OCN(C)C3. The molecule has 0 atom stereocenters. The Bertz CT molecular complexity index is 380. The third-order valence-corrected chi connectivity index (χ3v) is 3.01. The number of hydrogen-bond donors (Lipinski definition) is 0. The van der Waals surface area contributed by atoms with E-state index >= 15 is 0 Å². The molecule has 0 N–H and O–H groups in total. The molecule has 2 aliphatic rings. The minimum Gasteiger partial charge on any atom is -0.478 e. The van der Waals surface area contributed by atoms with E-state index in [1.54, 1.807) is 0 Å². The maximum atomic E-state index is 5.69. The summed E-state index contributed by atoms with van der Waals surface area (Å²) < 4.78 is 11.4. The van der Waals surface area contributed by atoms with Crippen molar-refractivity contribution in [1.29, 1.82) is 0 Å². The fraction of sp³-hybridized carbons (Fsp3) is 0.500. The molecule has 2 aliphatic heterocycles. The molecule has 4 nitrogen and oxygen atoms in total. The molecule has 2 heterocycles. The molecule has 3 rings (SSSR count). The van der Waals surface area contributed by atoms with Gasteiger partial charge in [-0.25, -0.2) is 0 Å². The van der Waals surface area contributed by atoms with E-state index in [4.69, 9.17) is 9.47 Å². The highest BCUT2D eigenvalue weighted by Crippen LogP contribution is 2.34. The van der Waals surface area contributed by atoms with Crippen LogP contribution < -0.4 is 9.47 Å². The molecule has 0 bridgehead atoms. The molecular weight excluding hydrogens is 204 g/mol. The van der Waals surface area contributed by atoms with Crippen molar-refractivity contribution in [1.82, 2.24) is 9.80 Å². The Hall–Kier alpha value is -1.26. The molecule has 0 radical (unpaired) electrons. The summed E-state index contributed by atoms with van der Waals surface area (Å²) in [5.41, 5.74) is 2.44. The first-order valence-corrected chi connectivity index (χ1v) is 5.51. The second kappa shape index (κ2) is 3.64. The van der Waals surface area contributed by atoms with Gasteiger partial charge in [0, 0.05) is 24.2 Å². The standard InChI is InChI=1S/C12H16N2O2/c1-13-5-9-3-12-10(4-11(9)15-7-13)6-14(2)8-16-12/h3-4H,5-8H2,1-2H3. The van der Waals surface area contributed by atoms with Crippen molar-refractivity contribution < 1.29 is 9.47 Å². The van der Waals surface area contributed by atoms with Crippen molar-refractivity contribution in [3.8, 4) is 11.5 Å². The van der Waals surface area contributed by atoms with Crippen molar-refractivity contribution >= 4 is 0 Å². The van der Waals surface area contributed by atoms with Gasteiger partial charge in [0.25, 0.3) is 0 Å². The molecule has 0 saturated carbocycles. The summed E-state index contributed by atoms with van der Waals surface area (Å²) in [4.78, 5) is 4.29. The molecule has 0 fully saturated rings. The van der Waals surface area contributed by atoms with Crippen LogP contribution in [0.15, 0.2) is 12.1 Å². The third kappa shape index (κ3) is 1.64. The van der Waals surface area contributed by atoms with Gasteiger partial charge in [0.2, 0.25) is 0 Å². The average molecular weight is 220 g/mol. The van der Waals surface area contributed by atoms with Crippen LogP contribution in [-0.4, -0.2) is 37.4 Å². The smallest absolute Gasteiger partial charge is 0.142 e. The number of ether oxygens (including phenoxy) is 2. The van der Waals surface area contributed by atoms with E-state index in [0.717, 1.165) is 24.6 Å². The quantitative estimate of drug-likeness (QED) is 0.657. The Morgan fingerprint density at radius 2 is 1.31 bits per heavy atom. The van der Waals surface area contributed by atoms with E-state index in [0.29, 0.717) is 13.5 Å². The summed E-state index contributed by atoms with van der Waals surface area (Å²) in [5, 5.41) is 0. The molecule has 0 amide bonds. The van der Waals surface area contributed by atoms with Gasteiger partial charge in [-0.1, -0.05) is 0 Å². The van der Waals surface area contributed by atoms with Crippen LogP contribution in [0.2, 0.25) is 0 Å². The Labute approximate surface area is 95.4 Å². The minimum absolute atomic E-state index is 0.669. The monoisotopic (exact) mass is 220 g/mol. The van der Waals surface area contributed by atoms with Gasteiger partial charge < -0.3 is 9.47 Å². The summed E-state index contributed by atoms with van der Waals surface area (Å²) in [6.45, 7) is 3.20. The van der Waals surface area contributed by atoms with Gasteiger partial charge in [0.05, 0.1) is 0 Å². The summed E-state index contributed by atoms with van der Waals surface area (Å²) in [5.74, 6) is 2.02. The van der Waals surface area contributed by atoms with E-state index < -0.39 is 0 Å². The Morgan fingerprint density at radius 3 is 1.75 bits per heavy atom. The third-order valence-electron chi connectivity index (χ3n) is 3.01. The lowest BCUT2D eigenvalue weighted by molar-refractivity contribution is 0.110. The van der Waals surface area contributed by atoms with Crippen LogP contribution in [-0.2, 0) is 13.1 Å². The minimum atomic E-state index is 0.669. The number of hydrogen-bond acceptors (Lipinski definition) is 4. The number of benzene rings is 1. The molecule has 1 aromatic rings. The maximum absolute atomic E-state index is 5.69. The van der Waals surface area contributed by atoms with Crippen LogP contribution in [0.4, 0.5) is 0 Å². The summed E-state index contributed by atoms with van der Waals surface area (Å²) in [6.07, 6.45) is 0. The number of nitrogens with zero attached hydrogens (tertiary/aromatic N) is 2. The lowest BCUT2D eigenvalue weighted by atomic mass is 10.1. The molecule has 1 aromatic carbocycles. The predicted octanol–water partition coefficient (Wildman–Crippen LogP) is 1.25. The molecule has 0 aromatic heterocycles. The van der Waals surface area contributed by atoms with E-state index in [-0.39, 0.29) is 0 Å². The van der Waals surface area contributed by atoms with Crippen molar-refractivity contribution in [2.45, 2.75) is 13.1 Å². The normalized spacial score (nSPS) is 20.6. The largest absolute Gasteiger partial charge is 0.478 e. The maximum Gasteiger partial charge on any atom is 0.142 e. The van der Waals surface area contributed by atoms with E-state index in [2.05, 4.69) is 36.0 Å². The van der Waals surface area contributed by atoms with Crippen LogP contribution in [0.1, 0.15) is 11.1 Å². The van der Waals surface area contributed by atoms with Gasteiger partial charge in [-0.15, -0.1) is 0 Å². The first kappa shape index (κ1) is 9.93. The van der Waals surface area contributed by atoms with E-state index in [1.165, 1.54) is 11.1 Å². The molecule has 0 spiro atoms. The first-order valence-electron chi connectivity index (χ1n) is 5.51. The van der Waals surface area contributed by atoms with E-state index in [9.17, 15) is 0 Å². The zero-order valence-electron chi connectivity index (χ0n) is 9.69. The Kier molecular flexibility index (Phi) is 2.26. The zero-order chi connectivity index (χ0) is 11.1. The molecule has 0 unspecified atom stereocenters. The number of rotatable bonds is 0. The van der Waals surface area contributed by atoms with Gasteiger partial charge in [-0.2, -0.15) is 0 Å². The van der Waals surface area contributed by atoms with Crippen molar-refractivity contribution in [3.05, 3.63) is 23.3 Å². The highest BCUT2D eigenvalue weighted by atomic mass is 16.5. The molecule has 4 heteroatoms. The Balaban J connectivity index is 1.99. The van der Waals surface area contributed by atoms with Gasteiger partial charge in [-0.3, -0.25) is 9.80 Å². The second-order valence-electron chi connectivity index (χ2n) is 4.64. The predicted molar refractivity (Wildman–Crippen MR) is 60.4 cm³/mol. The number of fused-ring (bicyclic) bond motifs is 2. The van der Waals surface area contributed by atoms with Gasteiger partial charge in [0.1, 0.15) is 25.0 Å². The highest BCUT2D eigenvalue weighted by Gasteiger charge is 2.21. The van der Waals surface area contributed by atoms with Gasteiger partial charge >= 0.3 is 0 Å². The lowest BCUT2D eigenvalue weighted by Gasteiger charge is -2.30. The van der Waals surface area contributed by atoms with Crippen LogP contribution in [0.25, 0.3) is 0 Å². The van der Waals surface area contributed by atoms with Crippen LogP contribution in [0.3, 0.4) is 0 Å². The van der Waals surface area contributed by atoms with Gasteiger partial charge in [-0.05, 0) is 26.2 Å². The fourth-order valence-electron chi connectivity index (χ4n) is 2.19. The Morgan fingerprint density at radius 1 is 0.875 bits per heavy atom. The van der Waals surface area contributed by atoms with Crippen molar-refractivity contribution in [2.75, 3.05) is 27.6 Å². The van der Waals surface area contributed by atoms with Crippen molar-refractivity contribution in [3.63, 3.8) is 0 Å².